The molecule has 0 saturated heterocycles. The van der Waals surface area contributed by atoms with E-state index in [1.54, 1.807) is 11.3 Å². The molecule has 0 unspecified atom stereocenters. The van der Waals surface area contributed by atoms with E-state index < -0.39 is 0 Å². The van der Waals surface area contributed by atoms with Crippen LogP contribution in [0.5, 0.6) is 0 Å². The first-order valence-corrected chi connectivity index (χ1v) is 5.90. The van der Waals surface area contributed by atoms with Crippen LogP contribution in [0.2, 0.25) is 0 Å². The van der Waals surface area contributed by atoms with Crippen LogP contribution in [-0.2, 0) is 6.54 Å². The Morgan fingerprint density at radius 1 is 1.43 bits per heavy atom. The molecule has 4 heteroatoms. The van der Waals surface area contributed by atoms with Crippen LogP contribution >= 0.6 is 11.3 Å². The second-order valence-electron chi connectivity index (χ2n) is 3.65. The molecule has 0 aromatic carbocycles. The highest BCUT2D eigenvalue weighted by atomic mass is 32.1. The number of nitrogens with zero attached hydrogens (tertiary/aromatic N) is 2. The van der Waals surface area contributed by atoms with Crippen LogP contribution in [0.3, 0.4) is 0 Å². The van der Waals surface area contributed by atoms with Gasteiger partial charge in [0, 0.05) is 17.6 Å². The van der Waals surface area contributed by atoms with Crippen molar-refractivity contribution in [2.75, 3.05) is 27.2 Å². The Kier molecular flexibility index (Phi) is 5.75. The summed E-state index contributed by atoms with van der Waals surface area (Å²) < 4.78 is 0. The molecular formula is C10H19N3S. The third kappa shape index (κ3) is 5.32. The molecule has 1 N–H and O–H groups in total. The van der Waals surface area contributed by atoms with E-state index in [0.29, 0.717) is 0 Å². The number of hydrogen-bond acceptors (Lipinski definition) is 4. The Hall–Kier alpha value is -0.450. The Morgan fingerprint density at radius 3 is 2.93 bits per heavy atom. The minimum Gasteiger partial charge on any atom is -0.312 e. The van der Waals surface area contributed by atoms with Gasteiger partial charge in [0.15, 0.2) is 0 Å². The van der Waals surface area contributed by atoms with Crippen molar-refractivity contribution < 1.29 is 0 Å². The van der Waals surface area contributed by atoms with Gasteiger partial charge in [-0.25, -0.2) is 0 Å². The van der Waals surface area contributed by atoms with Crippen LogP contribution < -0.4 is 5.32 Å². The first-order valence-electron chi connectivity index (χ1n) is 5.02. The van der Waals surface area contributed by atoms with Gasteiger partial charge in [0.25, 0.3) is 0 Å². The van der Waals surface area contributed by atoms with E-state index in [2.05, 4.69) is 29.3 Å². The summed E-state index contributed by atoms with van der Waals surface area (Å²) in [5, 5.41) is 3.41. The molecule has 1 rings (SSSR count). The third-order valence-electron chi connectivity index (χ3n) is 1.99. The van der Waals surface area contributed by atoms with Crippen molar-refractivity contribution in [2.45, 2.75) is 19.4 Å². The average molecular weight is 213 g/mol. The first-order chi connectivity index (χ1) is 6.79. The molecule has 1 heterocycles. The molecule has 1 aromatic rings. The normalized spacial score (nSPS) is 11.1. The molecule has 0 aliphatic rings. The zero-order chi connectivity index (χ0) is 10.2. The van der Waals surface area contributed by atoms with Gasteiger partial charge in [-0.15, -0.1) is 11.3 Å². The molecule has 0 bridgehead atoms. The number of rotatable bonds is 7. The topological polar surface area (TPSA) is 28.2 Å². The smallest absolute Gasteiger partial charge is 0.0794 e. The highest BCUT2D eigenvalue weighted by molar-refractivity contribution is 7.09. The molecule has 3 nitrogen and oxygen atoms in total. The van der Waals surface area contributed by atoms with Gasteiger partial charge in [0.05, 0.1) is 5.51 Å². The van der Waals surface area contributed by atoms with Gasteiger partial charge in [-0.2, -0.15) is 0 Å². The van der Waals surface area contributed by atoms with Crippen LogP contribution in [0.15, 0.2) is 11.7 Å². The maximum absolute atomic E-state index is 4.03. The van der Waals surface area contributed by atoms with Crippen molar-refractivity contribution in [1.29, 1.82) is 0 Å². The molecule has 0 atom stereocenters. The molecule has 0 saturated carbocycles. The van der Waals surface area contributed by atoms with Crippen LogP contribution in [0.4, 0.5) is 0 Å². The van der Waals surface area contributed by atoms with Gasteiger partial charge in [-0.1, -0.05) is 0 Å². The summed E-state index contributed by atoms with van der Waals surface area (Å²) >= 11 is 1.71. The van der Waals surface area contributed by atoms with E-state index >= 15 is 0 Å². The largest absolute Gasteiger partial charge is 0.312 e. The lowest BCUT2D eigenvalue weighted by atomic mass is 10.3. The van der Waals surface area contributed by atoms with Gasteiger partial charge < -0.3 is 10.2 Å². The van der Waals surface area contributed by atoms with Crippen LogP contribution in [0.1, 0.15) is 17.7 Å². The molecule has 80 valence electrons. The minimum absolute atomic E-state index is 0.965. The van der Waals surface area contributed by atoms with Gasteiger partial charge in [0.2, 0.25) is 0 Å². The summed E-state index contributed by atoms with van der Waals surface area (Å²) in [6.07, 6.45) is 4.44. The van der Waals surface area contributed by atoms with Crippen LogP contribution in [0, 0.1) is 0 Å². The quantitative estimate of drug-likeness (QED) is 0.697. The van der Waals surface area contributed by atoms with E-state index in [9.17, 15) is 0 Å². The van der Waals surface area contributed by atoms with Gasteiger partial charge in [-0.3, -0.25) is 4.98 Å². The molecule has 1 aromatic heterocycles. The summed E-state index contributed by atoms with van der Waals surface area (Å²) in [5.74, 6) is 0. The maximum Gasteiger partial charge on any atom is 0.0794 e. The fraction of sp³-hybridized carbons (Fsp3) is 0.700. The average Bonchev–Trinajstić information content (AvgIpc) is 2.63. The molecule has 0 aliphatic heterocycles. The molecule has 0 spiro atoms. The number of aromatic nitrogens is 1. The molecule has 0 aliphatic carbocycles. The highest BCUT2D eigenvalue weighted by Gasteiger charge is 1.94. The Balaban J connectivity index is 1.90. The fourth-order valence-electron chi connectivity index (χ4n) is 1.22. The van der Waals surface area contributed by atoms with E-state index in [1.807, 2.05) is 11.7 Å². The van der Waals surface area contributed by atoms with Crippen molar-refractivity contribution >= 4 is 11.3 Å². The lowest BCUT2D eigenvalue weighted by Gasteiger charge is -2.08. The minimum atomic E-state index is 0.965. The first kappa shape index (κ1) is 11.6. The lowest BCUT2D eigenvalue weighted by Crippen LogP contribution is -2.17. The molecule has 0 fully saturated rings. The van der Waals surface area contributed by atoms with Crippen LogP contribution in [0.25, 0.3) is 0 Å². The van der Waals surface area contributed by atoms with Crippen molar-refractivity contribution in [3.8, 4) is 0 Å². The number of hydrogen-bond donors (Lipinski definition) is 1. The third-order valence-corrected chi connectivity index (χ3v) is 2.77. The molecule has 14 heavy (non-hydrogen) atoms. The fourth-order valence-corrected chi connectivity index (χ4v) is 1.78. The summed E-state index contributed by atoms with van der Waals surface area (Å²) in [5.41, 5.74) is 1.88. The van der Waals surface area contributed by atoms with Crippen molar-refractivity contribution in [1.82, 2.24) is 15.2 Å². The van der Waals surface area contributed by atoms with Crippen molar-refractivity contribution in [3.05, 3.63) is 16.6 Å². The van der Waals surface area contributed by atoms with Crippen molar-refractivity contribution in [3.63, 3.8) is 0 Å². The Bertz CT molecular complexity index is 221. The second kappa shape index (κ2) is 6.92. The number of thiazole rings is 1. The van der Waals surface area contributed by atoms with Crippen LogP contribution in [-0.4, -0.2) is 37.1 Å². The zero-order valence-corrected chi connectivity index (χ0v) is 9.81. The summed E-state index contributed by atoms with van der Waals surface area (Å²) in [4.78, 5) is 7.57. The standard InChI is InChI=1S/C10H19N3S/c1-13(2)6-4-3-5-11-7-10-8-12-9-14-10/h8-9,11H,3-7H2,1-2H3. The zero-order valence-electron chi connectivity index (χ0n) is 8.99. The lowest BCUT2D eigenvalue weighted by molar-refractivity contribution is 0.392. The predicted octanol–water partition coefficient (Wildman–Crippen LogP) is 1.57. The van der Waals surface area contributed by atoms with Gasteiger partial charge in [0.1, 0.15) is 0 Å². The number of nitrogens with one attached hydrogen (secondary N) is 1. The van der Waals surface area contributed by atoms with Gasteiger partial charge in [-0.05, 0) is 40.0 Å². The summed E-state index contributed by atoms with van der Waals surface area (Å²) in [6, 6.07) is 0. The van der Waals surface area contributed by atoms with Gasteiger partial charge >= 0.3 is 0 Å². The SMILES string of the molecule is CN(C)CCCCNCc1cncs1. The second-order valence-corrected chi connectivity index (χ2v) is 4.63. The summed E-state index contributed by atoms with van der Waals surface area (Å²) in [6.45, 7) is 3.25. The Morgan fingerprint density at radius 2 is 2.29 bits per heavy atom. The predicted molar refractivity (Wildman–Crippen MR) is 61.6 cm³/mol. The highest BCUT2D eigenvalue weighted by Crippen LogP contribution is 2.03. The number of unbranched alkanes of at least 4 members (excludes halogenated alkanes) is 1. The Labute approximate surface area is 90.2 Å². The summed E-state index contributed by atoms with van der Waals surface area (Å²) in [7, 11) is 4.23. The van der Waals surface area contributed by atoms with E-state index in [0.717, 1.165) is 13.1 Å². The van der Waals surface area contributed by atoms with E-state index in [1.165, 1.54) is 24.3 Å². The maximum atomic E-state index is 4.03. The van der Waals surface area contributed by atoms with E-state index in [-0.39, 0.29) is 0 Å². The van der Waals surface area contributed by atoms with Crippen molar-refractivity contribution in [2.24, 2.45) is 0 Å². The monoisotopic (exact) mass is 213 g/mol. The molecule has 0 radical (unpaired) electrons. The molecular weight excluding hydrogens is 194 g/mol. The molecule has 0 amide bonds. The van der Waals surface area contributed by atoms with E-state index in [4.69, 9.17) is 0 Å².